The predicted octanol–water partition coefficient (Wildman–Crippen LogP) is 4.52. The Balaban J connectivity index is 2.17. The van der Waals surface area contributed by atoms with Crippen LogP contribution >= 0.6 is 0 Å². The van der Waals surface area contributed by atoms with Gasteiger partial charge in [0.15, 0.2) is 0 Å². The average Bonchev–Trinajstić information content (AvgIpc) is 2.93. The molecule has 1 unspecified atom stereocenters. The lowest BCUT2D eigenvalue weighted by Crippen LogP contribution is -2.29. The number of anilines is 1. The van der Waals surface area contributed by atoms with Crippen molar-refractivity contribution in [3.05, 3.63) is 29.3 Å². The monoisotopic (exact) mass is 344 g/mol. The number of unbranched alkanes of at least 4 members (excludes halogenated alkanes) is 1. The summed E-state index contributed by atoms with van der Waals surface area (Å²) in [5.74, 6) is 0.502. The number of carbonyl (C=O) groups is 2. The number of benzene rings is 1. The van der Waals surface area contributed by atoms with Crippen LogP contribution in [0.25, 0.3) is 0 Å². The molecule has 1 aromatic carbocycles. The van der Waals surface area contributed by atoms with Gasteiger partial charge in [-0.3, -0.25) is 9.59 Å². The molecule has 0 bridgehead atoms. The Bertz CT molecular complexity index is 596. The van der Waals surface area contributed by atoms with Crippen molar-refractivity contribution >= 4 is 17.5 Å². The molecule has 1 aliphatic heterocycles. The van der Waals surface area contributed by atoms with E-state index in [1.165, 1.54) is 0 Å². The zero-order valence-corrected chi connectivity index (χ0v) is 16.3. The molecule has 1 aliphatic rings. The van der Waals surface area contributed by atoms with Gasteiger partial charge in [0.05, 0.1) is 5.92 Å². The normalized spacial score (nSPS) is 17.6. The topological polar surface area (TPSA) is 49.4 Å². The molecule has 0 aromatic heterocycles. The molecule has 1 N–H and O–H groups in total. The summed E-state index contributed by atoms with van der Waals surface area (Å²) in [5.41, 5.74) is 3.26. The Morgan fingerprint density at radius 3 is 2.32 bits per heavy atom. The Kier molecular flexibility index (Phi) is 6.63. The second kappa shape index (κ2) is 8.50. The van der Waals surface area contributed by atoms with E-state index in [4.69, 9.17) is 0 Å². The summed E-state index contributed by atoms with van der Waals surface area (Å²) < 4.78 is 0. The number of carbonyl (C=O) groups excluding carboxylic acids is 2. The Labute approximate surface area is 152 Å². The number of amides is 2. The lowest BCUT2D eigenvalue weighted by Gasteiger charge is -2.21. The van der Waals surface area contributed by atoms with Crippen LogP contribution in [0, 0.1) is 5.92 Å². The highest BCUT2D eigenvalue weighted by atomic mass is 16.2. The number of rotatable bonds is 7. The van der Waals surface area contributed by atoms with Crippen molar-refractivity contribution in [2.24, 2.45) is 5.92 Å². The zero-order valence-electron chi connectivity index (χ0n) is 16.3. The fourth-order valence-corrected chi connectivity index (χ4v) is 3.43. The van der Waals surface area contributed by atoms with Crippen molar-refractivity contribution in [3.63, 3.8) is 0 Å². The Morgan fingerprint density at radius 2 is 1.80 bits per heavy atom. The quantitative estimate of drug-likeness (QED) is 0.790. The summed E-state index contributed by atoms with van der Waals surface area (Å²) >= 11 is 0. The van der Waals surface area contributed by atoms with E-state index in [9.17, 15) is 9.59 Å². The third kappa shape index (κ3) is 4.62. The molecule has 1 heterocycles. The first-order chi connectivity index (χ1) is 11.8. The molecule has 0 spiro atoms. The van der Waals surface area contributed by atoms with Crippen LogP contribution in [0.1, 0.15) is 76.8 Å². The minimum Gasteiger partial charge on any atom is -0.342 e. The molecule has 0 saturated carbocycles. The van der Waals surface area contributed by atoms with Gasteiger partial charge in [-0.15, -0.1) is 0 Å². The molecule has 2 rings (SSSR count). The van der Waals surface area contributed by atoms with Crippen molar-refractivity contribution in [2.45, 2.75) is 65.7 Å². The van der Waals surface area contributed by atoms with Gasteiger partial charge in [-0.05, 0) is 29.4 Å². The van der Waals surface area contributed by atoms with E-state index in [-0.39, 0.29) is 17.7 Å². The second-order valence-electron chi connectivity index (χ2n) is 7.70. The maximum Gasteiger partial charge on any atom is 0.229 e. The molecule has 0 radical (unpaired) electrons. The summed E-state index contributed by atoms with van der Waals surface area (Å²) in [6.07, 6.45) is 2.38. The van der Waals surface area contributed by atoms with Gasteiger partial charge in [0, 0.05) is 25.2 Å². The number of hydrogen-bond acceptors (Lipinski definition) is 2. The van der Waals surface area contributed by atoms with Gasteiger partial charge in [0.2, 0.25) is 11.8 Å². The molecule has 1 atom stereocenters. The molecular formula is C21H32N2O2. The first-order valence-corrected chi connectivity index (χ1v) is 9.56. The number of hydrogen-bond donors (Lipinski definition) is 1. The van der Waals surface area contributed by atoms with Crippen LogP contribution < -0.4 is 5.32 Å². The lowest BCUT2D eigenvalue weighted by molar-refractivity contribution is -0.128. The molecule has 1 fully saturated rings. The molecule has 4 nitrogen and oxygen atoms in total. The van der Waals surface area contributed by atoms with Crippen LogP contribution in [0.5, 0.6) is 0 Å². The van der Waals surface area contributed by atoms with Crippen LogP contribution in [0.4, 0.5) is 5.69 Å². The maximum atomic E-state index is 12.8. The van der Waals surface area contributed by atoms with E-state index in [1.54, 1.807) is 0 Å². The van der Waals surface area contributed by atoms with Crippen molar-refractivity contribution in [2.75, 3.05) is 18.4 Å². The molecule has 25 heavy (non-hydrogen) atoms. The maximum absolute atomic E-state index is 12.8. The van der Waals surface area contributed by atoms with Crippen molar-refractivity contribution in [1.82, 2.24) is 4.90 Å². The zero-order chi connectivity index (χ0) is 18.6. The molecule has 0 aliphatic carbocycles. The van der Waals surface area contributed by atoms with Gasteiger partial charge < -0.3 is 10.2 Å². The Morgan fingerprint density at radius 1 is 1.20 bits per heavy atom. The standard InChI is InChI=1S/C21H32N2O2/c1-6-7-11-23-13-16(12-19(23)24)21(25)22-20-17(14(2)3)9-8-10-18(20)15(4)5/h8-10,14-16H,6-7,11-13H2,1-5H3,(H,22,25). The van der Waals surface area contributed by atoms with Gasteiger partial charge in [0.1, 0.15) is 0 Å². The fraction of sp³-hybridized carbons (Fsp3) is 0.619. The van der Waals surface area contributed by atoms with Gasteiger partial charge in [-0.2, -0.15) is 0 Å². The van der Waals surface area contributed by atoms with E-state index in [1.807, 2.05) is 4.90 Å². The number of nitrogens with zero attached hydrogens (tertiary/aromatic N) is 1. The molecule has 1 saturated heterocycles. The fourth-order valence-electron chi connectivity index (χ4n) is 3.43. The van der Waals surface area contributed by atoms with E-state index in [2.05, 4.69) is 58.1 Å². The minimum atomic E-state index is -0.246. The summed E-state index contributed by atoms with van der Waals surface area (Å²) in [6.45, 7) is 12.0. The summed E-state index contributed by atoms with van der Waals surface area (Å²) in [6, 6.07) is 6.23. The lowest BCUT2D eigenvalue weighted by atomic mass is 9.92. The minimum absolute atomic E-state index is 0.0256. The van der Waals surface area contributed by atoms with Crippen LogP contribution in [0.3, 0.4) is 0 Å². The van der Waals surface area contributed by atoms with Gasteiger partial charge in [-0.25, -0.2) is 0 Å². The molecule has 138 valence electrons. The summed E-state index contributed by atoms with van der Waals surface area (Å²) in [5, 5.41) is 3.16. The van der Waals surface area contributed by atoms with Crippen LogP contribution in [-0.4, -0.2) is 29.8 Å². The van der Waals surface area contributed by atoms with Crippen molar-refractivity contribution < 1.29 is 9.59 Å². The SMILES string of the molecule is CCCCN1CC(C(=O)Nc2c(C(C)C)cccc2C(C)C)CC1=O. The smallest absolute Gasteiger partial charge is 0.229 e. The average molecular weight is 344 g/mol. The highest BCUT2D eigenvalue weighted by Crippen LogP contribution is 2.33. The Hall–Kier alpha value is -1.84. The first kappa shape index (κ1) is 19.5. The number of para-hydroxylation sites is 1. The predicted molar refractivity (Wildman–Crippen MR) is 103 cm³/mol. The van der Waals surface area contributed by atoms with Gasteiger partial charge >= 0.3 is 0 Å². The molecule has 2 amide bonds. The largest absolute Gasteiger partial charge is 0.342 e. The van der Waals surface area contributed by atoms with E-state index in [0.717, 1.165) is 36.2 Å². The van der Waals surface area contributed by atoms with Gasteiger partial charge in [0.25, 0.3) is 0 Å². The van der Waals surface area contributed by atoms with E-state index < -0.39 is 0 Å². The highest BCUT2D eigenvalue weighted by molar-refractivity contribution is 5.98. The van der Waals surface area contributed by atoms with Crippen molar-refractivity contribution in [3.8, 4) is 0 Å². The summed E-state index contributed by atoms with van der Waals surface area (Å²) in [7, 11) is 0. The molecule has 1 aromatic rings. The number of likely N-dealkylation sites (tertiary alicyclic amines) is 1. The first-order valence-electron chi connectivity index (χ1n) is 9.56. The van der Waals surface area contributed by atoms with Crippen molar-refractivity contribution in [1.29, 1.82) is 0 Å². The van der Waals surface area contributed by atoms with Crippen LogP contribution in [0.15, 0.2) is 18.2 Å². The van der Waals surface area contributed by atoms with E-state index in [0.29, 0.717) is 24.8 Å². The second-order valence-corrected chi connectivity index (χ2v) is 7.70. The summed E-state index contributed by atoms with van der Waals surface area (Å²) in [4.78, 5) is 26.8. The molecular weight excluding hydrogens is 312 g/mol. The van der Waals surface area contributed by atoms with E-state index >= 15 is 0 Å². The number of nitrogens with one attached hydrogen (secondary N) is 1. The van der Waals surface area contributed by atoms with Gasteiger partial charge in [-0.1, -0.05) is 59.2 Å². The third-order valence-electron chi connectivity index (χ3n) is 4.99. The van der Waals surface area contributed by atoms with Crippen LogP contribution in [-0.2, 0) is 9.59 Å². The highest BCUT2D eigenvalue weighted by Gasteiger charge is 2.34. The van der Waals surface area contributed by atoms with Crippen LogP contribution in [0.2, 0.25) is 0 Å². The molecule has 4 heteroatoms. The third-order valence-corrected chi connectivity index (χ3v) is 4.99.